The maximum atomic E-state index is 10.2. The van der Waals surface area contributed by atoms with Gasteiger partial charge in [0.2, 0.25) is 0 Å². The van der Waals surface area contributed by atoms with Crippen LogP contribution >= 0.6 is 0 Å². The van der Waals surface area contributed by atoms with Crippen LogP contribution in [0.15, 0.2) is 4.99 Å². The minimum absolute atomic E-state index is 0. The fourth-order valence-electron chi connectivity index (χ4n) is 0.643. The van der Waals surface area contributed by atoms with Crippen molar-refractivity contribution in [2.75, 3.05) is 6.54 Å². The second kappa shape index (κ2) is 10.7. The molecular weight excluding hydrogens is 202 g/mol. The Balaban J connectivity index is -0.000000605. The van der Waals surface area contributed by atoms with Crippen molar-refractivity contribution < 1.29 is 44.2 Å². The van der Waals surface area contributed by atoms with Gasteiger partial charge in [-0.25, -0.2) is 0 Å². The molecule has 0 saturated carbocycles. The van der Waals surface area contributed by atoms with Gasteiger partial charge in [0.1, 0.15) is 6.04 Å². The molecule has 1 unspecified atom stereocenters. The van der Waals surface area contributed by atoms with E-state index in [1.54, 1.807) is 0 Å². The molecule has 0 aliphatic rings. The molecule has 0 radical (unpaired) electrons. The van der Waals surface area contributed by atoms with Crippen molar-refractivity contribution in [2.45, 2.75) is 18.9 Å². The fraction of sp³-hybridized carbons (Fsp3) is 0.667. The van der Waals surface area contributed by atoms with E-state index >= 15 is 0 Å². The van der Waals surface area contributed by atoms with E-state index in [-0.39, 0.29) is 40.2 Å². The summed E-state index contributed by atoms with van der Waals surface area (Å²) in [5.41, 5.74) is 15.3. The van der Waals surface area contributed by atoms with Gasteiger partial charge in [-0.3, -0.25) is 9.79 Å². The Morgan fingerprint density at radius 1 is 1.43 bits per heavy atom. The van der Waals surface area contributed by atoms with Gasteiger partial charge in [0.05, 0.1) is 0 Å². The third-order valence-corrected chi connectivity index (χ3v) is 1.28. The average Bonchev–Trinajstić information content (AvgIpc) is 1.97. The third kappa shape index (κ3) is 11.6. The Hall–Kier alpha value is -0.370. The van der Waals surface area contributed by atoms with Gasteiger partial charge in [-0.15, -0.1) is 0 Å². The number of carbonyl (C=O) groups is 1. The molecule has 0 aromatic heterocycles. The number of aliphatic imine (C=N–C) groups is 1. The van der Waals surface area contributed by atoms with E-state index in [1.807, 2.05) is 0 Å². The molecule has 0 bridgehead atoms. The van der Waals surface area contributed by atoms with E-state index in [0.29, 0.717) is 19.4 Å². The van der Waals surface area contributed by atoms with Crippen molar-refractivity contribution in [2.24, 2.45) is 22.2 Å². The number of hydrogen-bond acceptors (Lipinski definition) is 3. The van der Waals surface area contributed by atoms with Crippen LogP contribution in [-0.4, -0.2) is 29.6 Å². The van der Waals surface area contributed by atoms with Gasteiger partial charge in [0.25, 0.3) is 0 Å². The number of rotatable bonds is 5. The standard InChI is InChI=1S/C6H14N4O2.FH.Na/c7-4(5(11)12)2-1-3-10-6(8)9;;/h4H,1-3,7H2,(H,11,12)(H4,8,9,10);1H;/q;;+1/p-1. The van der Waals surface area contributed by atoms with Gasteiger partial charge < -0.3 is 27.0 Å². The van der Waals surface area contributed by atoms with E-state index in [2.05, 4.69) is 4.99 Å². The summed E-state index contributed by atoms with van der Waals surface area (Å²) in [7, 11) is 0. The predicted octanol–water partition coefficient (Wildman–Crippen LogP) is -7.54. The van der Waals surface area contributed by atoms with Gasteiger partial charge in [-0.2, -0.15) is 0 Å². The normalized spacial score (nSPS) is 10.4. The van der Waals surface area contributed by atoms with Crippen molar-refractivity contribution in [3.8, 4) is 0 Å². The first-order chi connectivity index (χ1) is 5.54. The van der Waals surface area contributed by atoms with Crippen molar-refractivity contribution >= 4 is 11.9 Å². The number of guanidine groups is 1. The van der Waals surface area contributed by atoms with Crippen molar-refractivity contribution in [1.29, 1.82) is 0 Å². The molecule has 7 N–H and O–H groups in total. The molecule has 0 heterocycles. The van der Waals surface area contributed by atoms with Gasteiger partial charge in [-0.1, -0.05) is 0 Å². The van der Waals surface area contributed by atoms with Crippen LogP contribution in [0.1, 0.15) is 12.8 Å². The zero-order chi connectivity index (χ0) is 9.56. The topological polar surface area (TPSA) is 128 Å². The molecule has 0 aliphatic heterocycles. The number of carboxylic acids is 1. The maximum absolute atomic E-state index is 10.2. The first-order valence-electron chi connectivity index (χ1n) is 3.58. The molecule has 8 heteroatoms. The van der Waals surface area contributed by atoms with Gasteiger partial charge in [0.15, 0.2) is 5.96 Å². The van der Waals surface area contributed by atoms with Crippen LogP contribution in [-0.2, 0) is 4.79 Å². The van der Waals surface area contributed by atoms with Crippen LogP contribution in [0.3, 0.4) is 0 Å². The Bertz CT molecular complexity index is 187. The molecule has 14 heavy (non-hydrogen) atoms. The average molecular weight is 216 g/mol. The third-order valence-electron chi connectivity index (χ3n) is 1.28. The van der Waals surface area contributed by atoms with E-state index in [9.17, 15) is 4.79 Å². The molecule has 0 amide bonds. The molecule has 0 aromatic carbocycles. The second-order valence-electron chi connectivity index (χ2n) is 2.39. The summed E-state index contributed by atoms with van der Waals surface area (Å²) in [6.07, 6.45) is 0.956. The Morgan fingerprint density at radius 3 is 2.29 bits per heavy atom. The summed E-state index contributed by atoms with van der Waals surface area (Å²) >= 11 is 0. The largest absolute Gasteiger partial charge is 1.00 e. The number of aliphatic carboxylic acids is 1. The van der Waals surface area contributed by atoms with Crippen LogP contribution in [0.25, 0.3) is 0 Å². The molecule has 0 aromatic rings. The Kier molecular flexibility index (Phi) is 14.7. The molecule has 0 aliphatic carbocycles. The number of carboxylic acid groups (broad SMARTS) is 1. The van der Waals surface area contributed by atoms with Crippen molar-refractivity contribution in [3.63, 3.8) is 0 Å². The van der Waals surface area contributed by atoms with E-state index < -0.39 is 12.0 Å². The minimum atomic E-state index is -1.00. The monoisotopic (exact) mass is 216 g/mol. The molecule has 1 atom stereocenters. The van der Waals surface area contributed by atoms with Crippen LogP contribution in [0.5, 0.6) is 0 Å². The zero-order valence-corrected chi connectivity index (χ0v) is 10.1. The maximum Gasteiger partial charge on any atom is 1.00 e. The zero-order valence-electron chi connectivity index (χ0n) is 8.11. The molecule has 78 valence electrons. The Labute approximate surface area is 104 Å². The quantitative estimate of drug-likeness (QED) is 0.157. The SMILES string of the molecule is NC(N)=NCCCC(N)C(=O)O.[F-].[Na+]. The summed E-state index contributed by atoms with van der Waals surface area (Å²) in [6.45, 7) is 0.420. The second-order valence-corrected chi connectivity index (χ2v) is 2.39. The van der Waals surface area contributed by atoms with Crippen molar-refractivity contribution in [1.82, 2.24) is 0 Å². The first kappa shape index (κ1) is 19.2. The molecule has 0 rings (SSSR count). The first-order valence-corrected chi connectivity index (χ1v) is 3.58. The molecule has 6 nitrogen and oxygen atoms in total. The smallest absolute Gasteiger partial charge is 1.00 e. The van der Waals surface area contributed by atoms with Crippen molar-refractivity contribution in [3.05, 3.63) is 0 Å². The van der Waals surface area contributed by atoms with E-state index in [4.69, 9.17) is 22.3 Å². The van der Waals surface area contributed by atoms with E-state index in [1.165, 1.54) is 0 Å². The van der Waals surface area contributed by atoms with Gasteiger partial charge >= 0.3 is 35.5 Å². The van der Waals surface area contributed by atoms with Crippen LogP contribution in [0.2, 0.25) is 0 Å². The summed E-state index contributed by atoms with van der Waals surface area (Å²) in [6, 6.07) is -0.820. The number of nitrogens with two attached hydrogens (primary N) is 3. The number of nitrogens with zero attached hydrogens (tertiary/aromatic N) is 1. The number of halogens is 1. The Morgan fingerprint density at radius 2 is 1.93 bits per heavy atom. The number of hydrogen-bond donors (Lipinski definition) is 4. The minimum Gasteiger partial charge on any atom is -1.00 e. The summed E-state index contributed by atoms with van der Waals surface area (Å²) in [5, 5.41) is 8.38. The molecule has 0 saturated heterocycles. The summed E-state index contributed by atoms with van der Waals surface area (Å²) < 4.78 is 0. The molecule has 0 fully saturated rings. The van der Waals surface area contributed by atoms with Gasteiger partial charge in [0, 0.05) is 6.54 Å². The predicted molar refractivity (Wildman–Crippen MR) is 45.5 cm³/mol. The fourth-order valence-corrected chi connectivity index (χ4v) is 0.643. The summed E-state index contributed by atoms with van der Waals surface area (Å²) in [4.78, 5) is 13.9. The van der Waals surface area contributed by atoms with E-state index in [0.717, 1.165) is 0 Å². The van der Waals surface area contributed by atoms with Gasteiger partial charge in [-0.05, 0) is 12.8 Å². The van der Waals surface area contributed by atoms with Crippen LogP contribution in [0.4, 0.5) is 0 Å². The molecule has 0 spiro atoms. The van der Waals surface area contributed by atoms with Crippen LogP contribution < -0.4 is 51.5 Å². The molecular formula is C6H14FN4NaO2. The van der Waals surface area contributed by atoms with Crippen LogP contribution in [0, 0.1) is 0 Å². The summed E-state index contributed by atoms with van der Waals surface area (Å²) in [5.74, 6) is -0.987.